The average Bonchev–Trinajstić information content (AvgIpc) is 3.12. The van der Waals surface area contributed by atoms with Crippen LogP contribution in [0.3, 0.4) is 0 Å². The Bertz CT molecular complexity index is 563. The van der Waals surface area contributed by atoms with Crippen LogP contribution in [0.4, 0.5) is 11.8 Å². The fourth-order valence-corrected chi connectivity index (χ4v) is 1.94. The van der Waals surface area contributed by atoms with Crippen molar-refractivity contribution in [3.63, 3.8) is 0 Å². The largest absolute Gasteiger partial charge is 0.355 e. The summed E-state index contributed by atoms with van der Waals surface area (Å²) in [6.45, 7) is 1.90. The van der Waals surface area contributed by atoms with Crippen LogP contribution in [0.25, 0.3) is 0 Å². The van der Waals surface area contributed by atoms with Crippen molar-refractivity contribution in [2.45, 2.75) is 12.8 Å². The van der Waals surface area contributed by atoms with E-state index in [4.69, 9.17) is 0 Å². The van der Waals surface area contributed by atoms with Gasteiger partial charge in [0.15, 0.2) is 0 Å². The Hall–Kier alpha value is -2.58. The highest BCUT2D eigenvalue weighted by atomic mass is 16.2. The summed E-state index contributed by atoms with van der Waals surface area (Å²) in [7, 11) is 0. The van der Waals surface area contributed by atoms with Crippen molar-refractivity contribution in [2.75, 3.05) is 23.3 Å². The molecule has 1 saturated heterocycles. The number of hydrogen-bond acceptors (Lipinski definition) is 7. The zero-order valence-corrected chi connectivity index (χ0v) is 10.1. The number of amides is 1. The highest BCUT2D eigenvalue weighted by Gasteiger charge is 2.16. The average molecular weight is 260 g/mol. The summed E-state index contributed by atoms with van der Waals surface area (Å²) >= 11 is 0. The molecule has 0 aliphatic carbocycles. The molecule has 0 saturated carbocycles. The van der Waals surface area contributed by atoms with E-state index < -0.39 is 5.91 Å². The van der Waals surface area contributed by atoms with Crippen molar-refractivity contribution in [3.05, 3.63) is 18.1 Å². The minimum atomic E-state index is -0.407. The molecule has 9 heteroatoms. The first kappa shape index (κ1) is 11.5. The molecule has 1 fully saturated rings. The quantitative estimate of drug-likeness (QED) is 0.788. The number of nitrogens with zero attached hydrogens (tertiary/aromatic N) is 6. The molecule has 2 aromatic heterocycles. The van der Waals surface area contributed by atoms with E-state index in [0.717, 1.165) is 31.7 Å². The predicted molar refractivity (Wildman–Crippen MR) is 65.6 cm³/mol. The molecule has 1 aliphatic heterocycles. The number of tetrazole rings is 1. The molecular formula is C10H12N8O. The van der Waals surface area contributed by atoms with Gasteiger partial charge >= 0.3 is 0 Å². The number of aromatic nitrogens is 6. The van der Waals surface area contributed by atoms with Crippen molar-refractivity contribution < 1.29 is 4.79 Å². The molecule has 0 spiro atoms. The van der Waals surface area contributed by atoms with Crippen LogP contribution < -0.4 is 10.2 Å². The number of carbonyl (C=O) groups is 1. The van der Waals surface area contributed by atoms with E-state index in [2.05, 4.69) is 40.8 Å². The molecule has 0 unspecified atom stereocenters. The second kappa shape index (κ2) is 4.96. The smallest absolute Gasteiger partial charge is 0.278 e. The molecule has 0 aromatic carbocycles. The number of H-pyrrole nitrogens is 1. The van der Waals surface area contributed by atoms with Crippen LogP contribution in [-0.4, -0.2) is 49.6 Å². The van der Waals surface area contributed by atoms with Gasteiger partial charge in [0.2, 0.25) is 0 Å². The van der Waals surface area contributed by atoms with Crippen LogP contribution >= 0.6 is 0 Å². The van der Waals surface area contributed by atoms with E-state index >= 15 is 0 Å². The van der Waals surface area contributed by atoms with Crippen LogP contribution in [0, 0.1) is 0 Å². The summed E-state index contributed by atoms with van der Waals surface area (Å²) in [5, 5.41) is 15.4. The van der Waals surface area contributed by atoms with Crippen molar-refractivity contribution >= 4 is 17.7 Å². The maximum Gasteiger partial charge on any atom is 0.278 e. The fourth-order valence-electron chi connectivity index (χ4n) is 1.94. The normalized spacial score (nSPS) is 14.6. The first-order valence-corrected chi connectivity index (χ1v) is 5.95. The summed E-state index contributed by atoms with van der Waals surface area (Å²) < 4.78 is 0. The van der Waals surface area contributed by atoms with Crippen LogP contribution in [0.1, 0.15) is 23.3 Å². The molecule has 98 valence electrons. The van der Waals surface area contributed by atoms with Gasteiger partial charge in [-0.05, 0) is 18.1 Å². The van der Waals surface area contributed by atoms with Gasteiger partial charge in [0.05, 0.1) is 12.4 Å². The molecule has 0 radical (unpaired) electrons. The molecule has 9 nitrogen and oxygen atoms in total. The van der Waals surface area contributed by atoms with Crippen molar-refractivity contribution in [1.29, 1.82) is 0 Å². The molecule has 0 bridgehead atoms. The van der Waals surface area contributed by atoms with Crippen molar-refractivity contribution in [2.24, 2.45) is 0 Å². The Morgan fingerprint density at radius 3 is 2.89 bits per heavy atom. The Kier molecular flexibility index (Phi) is 3.01. The van der Waals surface area contributed by atoms with Gasteiger partial charge in [0.25, 0.3) is 11.9 Å². The molecule has 1 aliphatic rings. The van der Waals surface area contributed by atoms with E-state index in [1.807, 2.05) is 0 Å². The van der Waals surface area contributed by atoms with Crippen LogP contribution in [0.2, 0.25) is 0 Å². The van der Waals surface area contributed by atoms with Gasteiger partial charge in [-0.25, -0.2) is 4.98 Å². The Labute approximate surface area is 108 Å². The summed E-state index contributed by atoms with van der Waals surface area (Å²) in [5.41, 5.74) is 0.231. The van der Waals surface area contributed by atoms with E-state index in [0.29, 0.717) is 0 Å². The highest BCUT2D eigenvalue weighted by Crippen LogP contribution is 2.16. The standard InChI is InChI=1S/C10H12N8O/c19-9(13-10-14-16-17-15-10)7-5-11-6-8(12-7)18-3-1-2-4-18/h5-6H,1-4H2,(H2,13,14,15,16,17,19). The molecule has 2 aromatic rings. The van der Waals surface area contributed by atoms with E-state index in [1.165, 1.54) is 6.20 Å². The van der Waals surface area contributed by atoms with Crippen LogP contribution in [-0.2, 0) is 0 Å². The van der Waals surface area contributed by atoms with Gasteiger partial charge in [0, 0.05) is 13.1 Å². The van der Waals surface area contributed by atoms with Crippen molar-refractivity contribution in [1.82, 2.24) is 30.6 Å². The lowest BCUT2D eigenvalue weighted by Crippen LogP contribution is -2.22. The van der Waals surface area contributed by atoms with Crippen molar-refractivity contribution in [3.8, 4) is 0 Å². The van der Waals surface area contributed by atoms with Crippen LogP contribution in [0.5, 0.6) is 0 Å². The molecule has 0 atom stereocenters. The van der Waals surface area contributed by atoms with Gasteiger partial charge in [-0.2, -0.15) is 5.21 Å². The van der Waals surface area contributed by atoms with Gasteiger partial charge < -0.3 is 4.90 Å². The molecule has 19 heavy (non-hydrogen) atoms. The Morgan fingerprint density at radius 2 is 2.16 bits per heavy atom. The van der Waals surface area contributed by atoms with Gasteiger partial charge in [-0.1, -0.05) is 5.10 Å². The summed E-state index contributed by atoms with van der Waals surface area (Å²) in [6, 6.07) is 0. The topological polar surface area (TPSA) is 113 Å². The maximum atomic E-state index is 11.9. The van der Waals surface area contributed by atoms with Crippen LogP contribution in [0.15, 0.2) is 12.4 Å². The minimum Gasteiger partial charge on any atom is -0.355 e. The zero-order valence-electron chi connectivity index (χ0n) is 10.1. The summed E-state index contributed by atoms with van der Waals surface area (Å²) in [5.74, 6) is 0.423. The molecular weight excluding hydrogens is 248 g/mol. The first-order valence-electron chi connectivity index (χ1n) is 5.95. The third-order valence-electron chi connectivity index (χ3n) is 2.86. The molecule has 2 N–H and O–H groups in total. The number of hydrogen-bond donors (Lipinski definition) is 2. The summed E-state index contributed by atoms with van der Waals surface area (Å²) in [6.07, 6.45) is 5.35. The van der Waals surface area contributed by atoms with Gasteiger partial charge in [-0.3, -0.25) is 15.1 Å². The first-order chi connectivity index (χ1) is 9.33. The number of aromatic amines is 1. The third-order valence-corrected chi connectivity index (χ3v) is 2.86. The monoisotopic (exact) mass is 260 g/mol. The minimum absolute atomic E-state index is 0.110. The fraction of sp³-hybridized carbons (Fsp3) is 0.400. The highest BCUT2D eigenvalue weighted by molar-refractivity contribution is 6.01. The van der Waals surface area contributed by atoms with E-state index in [1.54, 1.807) is 6.20 Å². The Balaban J connectivity index is 1.76. The third kappa shape index (κ3) is 2.49. The Morgan fingerprint density at radius 1 is 1.32 bits per heavy atom. The van der Waals surface area contributed by atoms with Gasteiger partial charge in [-0.15, -0.1) is 5.10 Å². The lowest BCUT2D eigenvalue weighted by Gasteiger charge is -2.15. The molecule has 1 amide bonds. The number of rotatable bonds is 3. The predicted octanol–water partition coefficient (Wildman–Crippen LogP) is -0.158. The number of carbonyl (C=O) groups excluding carboxylic acids is 1. The van der Waals surface area contributed by atoms with Gasteiger partial charge in [0.1, 0.15) is 11.5 Å². The lowest BCUT2D eigenvalue weighted by atomic mass is 10.4. The number of nitrogens with one attached hydrogen (secondary N) is 2. The SMILES string of the molecule is O=C(Nc1nn[nH]n1)c1cncc(N2CCCC2)n1. The maximum absolute atomic E-state index is 11.9. The van der Waals surface area contributed by atoms with E-state index in [9.17, 15) is 4.79 Å². The zero-order chi connectivity index (χ0) is 13.1. The summed E-state index contributed by atoms with van der Waals surface area (Å²) in [4.78, 5) is 22.4. The lowest BCUT2D eigenvalue weighted by molar-refractivity contribution is 0.102. The molecule has 3 heterocycles. The van der Waals surface area contributed by atoms with E-state index in [-0.39, 0.29) is 11.6 Å². The molecule has 3 rings (SSSR count). The second-order valence-corrected chi connectivity index (χ2v) is 4.15. The number of anilines is 2. The second-order valence-electron chi connectivity index (χ2n) is 4.15.